The molecule has 0 saturated heterocycles. The van der Waals surface area contributed by atoms with Gasteiger partial charge in [-0.1, -0.05) is 17.7 Å². The largest absolute Gasteiger partial charge is 0.243 e. The Morgan fingerprint density at radius 1 is 1.20 bits per heavy atom. The van der Waals surface area contributed by atoms with Crippen LogP contribution in [0.2, 0.25) is 5.15 Å². The van der Waals surface area contributed by atoms with Gasteiger partial charge in [0.2, 0.25) is 10.0 Å². The molecule has 20 heavy (non-hydrogen) atoms. The Balaban J connectivity index is 2.17. The lowest BCUT2D eigenvalue weighted by atomic mass is 10.2. The number of aromatic nitrogens is 1. The highest BCUT2D eigenvalue weighted by Crippen LogP contribution is 2.18. The first-order valence-corrected chi connectivity index (χ1v) is 7.30. The van der Waals surface area contributed by atoms with E-state index < -0.39 is 21.7 Å². The normalized spacial score (nSPS) is 11.6. The van der Waals surface area contributed by atoms with Gasteiger partial charge < -0.3 is 0 Å². The number of nitrogens with zero attached hydrogens (tertiary/aromatic N) is 1. The second kappa shape index (κ2) is 5.82. The fourth-order valence-electron chi connectivity index (χ4n) is 1.48. The zero-order valence-corrected chi connectivity index (χ0v) is 11.5. The average molecular weight is 319 g/mol. The van der Waals surface area contributed by atoms with Gasteiger partial charge in [-0.05, 0) is 29.8 Å². The number of sulfonamides is 1. The molecule has 8 heteroatoms. The number of hydrogen-bond acceptors (Lipinski definition) is 3. The Hall–Kier alpha value is -1.57. The fourth-order valence-corrected chi connectivity index (χ4v) is 2.95. The maximum atomic E-state index is 13.0. The smallest absolute Gasteiger partial charge is 0.243 e. The van der Waals surface area contributed by atoms with E-state index in [-0.39, 0.29) is 22.2 Å². The van der Waals surface area contributed by atoms with Gasteiger partial charge in [-0.25, -0.2) is 26.9 Å². The van der Waals surface area contributed by atoms with Crippen LogP contribution in [-0.4, -0.2) is 13.4 Å². The highest BCUT2D eigenvalue weighted by Gasteiger charge is 2.18. The van der Waals surface area contributed by atoms with E-state index in [2.05, 4.69) is 9.71 Å². The molecule has 0 aliphatic rings. The minimum Gasteiger partial charge on any atom is -0.243 e. The van der Waals surface area contributed by atoms with Crippen LogP contribution in [0.25, 0.3) is 0 Å². The highest BCUT2D eigenvalue weighted by atomic mass is 35.5. The van der Waals surface area contributed by atoms with Gasteiger partial charge >= 0.3 is 0 Å². The van der Waals surface area contributed by atoms with Gasteiger partial charge in [-0.2, -0.15) is 0 Å². The van der Waals surface area contributed by atoms with Gasteiger partial charge in [0.25, 0.3) is 0 Å². The van der Waals surface area contributed by atoms with Crippen LogP contribution < -0.4 is 4.72 Å². The van der Waals surface area contributed by atoms with Crippen molar-refractivity contribution in [3.05, 3.63) is 58.9 Å². The van der Waals surface area contributed by atoms with Crippen LogP contribution in [0, 0.1) is 11.6 Å². The van der Waals surface area contributed by atoms with Crippen LogP contribution in [0.1, 0.15) is 5.56 Å². The highest BCUT2D eigenvalue weighted by molar-refractivity contribution is 7.89. The maximum absolute atomic E-state index is 13.0. The SMILES string of the molecule is O=S(=O)(NCc1ccc(F)c(F)c1)c1cccnc1Cl. The molecule has 2 rings (SSSR count). The van der Waals surface area contributed by atoms with Crippen molar-refractivity contribution < 1.29 is 17.2 Å². The lowest BCUT2D eigenvalue weighted by Gasteiger charge is -2.08. The molecule has 106 valence electrons. The minimum absolute atomic E-state index is 0.162. The molecule has 2 aromatic rings. The molecule has 1 aromatic heterocycles. The van der Waals surface area contributed by atoms with E-state index in [1.807, 2.05) is 0 Å². The first kappa shape index (κ1) is 14.8. The maximum Gasteiger partial charge on any atom is 0.243 e. The molecule has 0 saturated carbocycles. The molecule has 0 radical (unpaired) electrons. The third-order valence-corrected chi connectivity index (χ3v) is 4.31. The van der Waals surface area contributed by atoms with Crippen molar-refractivity contribution in [1.29, 1.82) is 0 Å². The predicted octanol–water partition coefficient (Wildman–Crippen LogP) is 2.49. The van der Waals surface area contributed by atoms with Gasteiger partial charge in [-0.3, -0.25) is 0 Å². The Morgan fingerprint density at radius 2 is 1.95 bits per heavy atom. The molecular weight excluding hydrogens is 310 g/mol. The van der Waals surface area contributed by atoms with Gasteiger partial charge in [0.1, 0.15) is 10.0 Å². The molecular formula is C12H9ClF2N2O2S. The van der Waals surface area contributed by atoms with Gasteiger partial charge in [0.05, 0.1) is 0 Å². The Kier molecular flexibility index (Phi) is 4.32. The summed E-state index contributed by atoms with van der Waals surface area (Å²) in [6, 6.07) is 5.85. The number of nitrogens with one attached hydrogen (secondary N) is 1. The molecule has 4 nitrogen and oxygen atoms in total. The monoisotopic (exact) mass is 318 g/mol. The first-order valence-electron chi connectivity index (χ1n) is 5.44. The van der Waals surface area contributed by atoms with Gasteiger partial charge in [-0.15, -0.1) is 0 Å². The van der Waals surface area contributed by atoms with E-state index in [4.69, 9.17) is 11.6 Å². The molecule has 0 amide bonds. The summed E-state index contributed by atoms with van der Waals surface area (Å²) in [5, 5.41) is -0.162. The predicted molar refractivity (Wildman–Crippen MR) is 69.6 cm³/mol. The van der Waals surface area contributed by atoms with Crippen LogP contribution in [0.4, 0.5) is 8.78 Å². The summed E-state index contributed by atoms with van der Waals surface area (Å²) in [6.45, 7) is -0.190. The third-order valence-electron chi connectivity index (χ3n) is 2.46. The molecule has 1 N–H and O–H groups in total. The minimum atomic E-state index is -3.87. The van der Waals surface area contributed by atoms with Crippen molar-refractivity contribution in [3.63, 3.8) is 0 Å². The molecule has 0 atom stereocenters. The average Bonchev–Trinajstić information content (AvgIpc) is 2.40. The Bertz CT molecular complexity index is 738. The van der Waals surface area contributed by atoms with E-state index >= 15 is 0 Å². The van der Waals surface area contributed by atoms with Crippen molar-refractivity contribution in [3.8, 4) is 0 Å². The molecule has 1 heterocycles. The summed E-state index contributed by atoms with van der Waals surface area (Å²) >= 11 is 5.70. The van der Waals surface area contributed by atoms with E-state index in [1.165, 1.54) is 24.4 Å². The summed E-state index contributed by atoms with van der Waals surface area (Å²) in [7, 11) is -3.87. The quantitative estimate of drug-likeness (QED) is 0.881. The zero-order valence-electron chi connectivity index (χ0n) is 9.98. The summed E-state index contributed by atoms with van der Waals surface area (Å²) in [4.78, 5) is 3.49. The fraction of sp³-hybridized carbons (Fsp3) is 0.0833. The van der Waals surface area contributed by atoms with Crippen LogP contribution >= 0.6 is 11.6 Å². The molecule has 0 aliphatic heterocycles. The summed E-state index contributed by atoms with van der Waals surface area (Å²) in [5.74, 6) is -2.03. The molecule has 0 spiro atoms. The van der Waals surface area contributed by atoms with E-state index in [0.717, 1.165) is 12.1 Å². The van der Waals surface area contributed by atoms with Crippen molar-refractivity contribution in [2.75, 3.05) is 0 Å². The number of pyridine rings is 1. The van der Waals surface area contributed by atoms with Gasteiger partial charge in [0, 0.05) is 12.7 Å². The first-order chi connectivity index (χ1) is 9.40. The van der Waals surface area contributed by atoms with E-state index in [0.29, 0.717) is 0 Å². The second-order valence-electron chi connectivity index (χ2n) is 3.87. The molecule has 0 fully saturated rings. The summed E-state index contributed by atoms with van der Waals surface area (Å²) in [6.07, 6.45) is 1.36. The van der Waals surface area contributed by atoms with Gasteiger partial charge in [0.15, 0.2) is 11.6 Å². The van der Waals surface area contributed by atoms with Crippen molar-refractivity contribution in [2.45, 2.75) is 11.4 Å². The summed E-state index contributed by atoms with van der Waals surface area (Å²) < 4.78 is 51.9. The van der Waals surface area contributed by atoms with Crippen molar-refractivity contribution in [2.24, 2.45) is 0 Å². The zero-order chi connectivity index (χ0) is 14.8. The molecule has 0 bridgehead atoms. The standard InChI is InChI=1S/C12H9ClF2N2O2S/c13-12-11(2-1-5-16-12)20(18,19)17-7-8-3-4-9(14)10(15)6-8/h1-6,17H,7H2. The van der Waals surface area contributed by atoms with E-state index in [1.54, 1.807) is 0 Å². The van der Waals surface area contributed by atoms with Crippen molar-refractivity contribution >= 4 is 21.6 Å². The molecule has 1 aromatic carbocycles. The lowest BCUT2D eigenvalue weighted by Crippen LogP contribution is -2.23. The lowest BCUT2D eigenvalue weighted by molar-refractivity contribution is 0.506. The Morgan fingerprint density at radius 3 is 2.60 bits per heavy atom. The Labute approximate surface area is 119 Å². The van der Waals surface area contributed by atoms with Crippen LogP contribution in [0.15, 0.2) is 41.4 Å². The molecule has 0 unspecified atom stereocenters. The third kappa shape index (κ3) is 3.30. The number of rotatable bonds is 4. The topological polar surface area (TPSA) is 59.1 Å². The van der Waals surface area contributed by atoms with Crippen LogP contribution in [0.3, 0.4) is 0 Å². The number of benzene rings is 1. The van der Waals surface area contributed by atoms with Crippen LogP contribution in [-0.2, 0) is 16.6 Å². The van der Waals surface area contributed by atoms with Crippen LogP contribution in [0.5, 0.6) is 0 Å². The second-order valence-corrected chi connectivity index (χ2v) is 5.96. The van der Waals surface area contributed by atoms with Crippen molar-refractivity contribution in [1.82, 2.24) is 9.71 Å². The van der Waals surface area contributed by atoms with E-state index in [9.17, 15) is 17.2 Å². The number of hydrogen-bond donors (Lipinski definition) is 1. The summed E-state index contributed by atoms with van der Waals surface area (Å²) in [5.41, 5.74) is 0.285. The number of halogens is 3. The molecule has 0 aliphatic carbocycles.